The van der Waals surface area contributed by atoms with E-state index in [9.17, 15) is 4.79 Å². The quantitative estimate of drug-likeness (QED) is 0.719. The van der Waals surface area contributed by atoms with Gasteiger partial charge in [-0.2, -0.15) is 16.9 Å². The zero-order valence-corrected chi connectivity index (χ0v) is 17.1. The number of nitrogens with one attached hydrogen (secondary N) is 1. The summed E-state index contributed by atoms with van der Waals surface area (Å²) in [5.74, 6) is 3.21. The number of benzene rings is 1. The van der Waals surface area contributed by atoms with Crippen LogP contribution in [0.5, 0.6) is 0 Å². The van der Waals surface area contributed by atoms with Crippen molar-refractivity contribution < 1.29 is 4.79 Å². The number of hydrogen-bond acceptors (Lipinski definition) is 5. The number of rotatable bonds is 5. The molecule has 6 nitrogen and oxygen atoms in total. The van der Waals surface area contributed by atoms with Crippen LogP contribution in [-0.2, 0) is 0 Å². The molecule has 0 spiro atoms. The normalized spacial score (nSPS) is 15.6. The first-order chi connectivity index (χ1) is 13.6. The number of aryl methyl sites for hydroxylation is 1. The fourth-order valence-electron chi connectivity index (χ4n) is 3.44. The lowest BCUT2D eigenvalue weighted by Crippen LogP contribution is -2.33. The molecule has 0 aliphatic carbocycles. The van der Waals surface area contributed by atoms with Crippen LogP contribution in [0.1, 0.15) is 34.6 Å². The summed E-state index contributed by atoms with van der Waals surface area (Å²) in [5.41, 5.74) is 3.43. The highest BCUT2D eigenvalue weighted by Gasteiger charge is 2.20. The molecule has 1 aliphatic heterocycles. The second-order valence-electron chi connectivity index (χ2n) is 7.19. The summed E-state index contributed by atoms with van der Waals surface area (Å²) in [5, 5.41) is 7.53. The minimum Gasteiger partial charge on any atom is -0.353 e. The molecule has 1 fully saturated rings. The maximum absolute atomic E-state index is 12.7. The SMILES string of the molecule is Cc1cn2nc(C(=O)NCC(C)c3ccccc3)cc2c(N2CCSCC2)n1. The van der Waals surface area contributed by atoms with Gasteiger partial charge in [-0.05, 0) is 18.4 Å². The third-order valence-corrected chi connectivity index (χ3v) is 5.98. The van der Waals surface area contributed by atoms with Gasteiger partial charge in [0.05, 0.1) is 11.9 Å². The van der Waals surface area contributed by atoms with E-state index >= 15 is 0 Å². The molecule has 0 bridgehead atoms. The van der Waals surface area contributed by atoms with Gasteiger partial charge < -0.3 is 10.2 Å². The van der Waals surface area contributed by atoms with Crippen molar-refractivity contribution in [2.75, 3.05) is 36.0 Å². The third kappa shape index (κ3) is 3.99. The zero-order chi connectivity index (χ0) is 19.5. The van der Waals surface area contributed by atoms with Crippen LogP contribution >= 0.6 is 11.8 Å². The zero-order valence-electron chi connectivity index (χ0n) is 16.3. The average molecular weight is 396 g/mol. The molecule has 1 N–H and O–H groups in total. The van der Waals surface area contributed by atoms with E-state index < -0.39 is 0 Å². The molecule has 1 saturated heterocycles. The van der Waals surface area contributed by atoms with Crippen LogP contribution in [0.3, 0.4) is 0 Å². The van der Waals surface area contributed by atoms with Crippen LogP contribution in [-0.4, -0.2) is 51.6 Å². The van der Waals surface area contributed by atoms with Crippen molar-refractivity contribution in [1.29, 1.82) is 0 Å². The van der Waals surface area contributed by atoms with Gasteiger partial charge in [-0.15, -0.1) is 0 Å². The van der Waals surface area contributed by atoms with Crippen LogP contribution in [0.2, 0.25) is 0 Å². The molecule has 28 heavy (non-hydrogen) atoms. The van der Waals surface area contributed by atoms with Gasteiger partial charge in [-0.1, -0.05) is 37.3 Å². The van der Waals surface area contributed by atoms with E-state index in [1.807, 2.05) is 49.1 Å². The Morgan fingerprint density at radius 2 is 2.00 bits per heavy atom. The highest BCUT2D eigenvalue weighted by atomic mass is 32.2. The predicted octanol–water partition coefficient (Wildman–Crippen LogP) is 3.12. The monoisotopic (exact) mass is 395 g/mol. The molecular weight excluding hydrogens is 370 g/mol. The first-order valence-electron chi connectivity index (χ1n) is 9.64. The van der Waals surface area contributed by atoms with Crippen LogP contribution < -0.4 is 10.2 Å². The molecule has 1 amide bonds. The molecule has 146 valence electrons. The van der Waals surface area contributed by atoms with Gasteiger partial charge in [-0.3, -0.25) is 4.79 Å². The lowest BCUT2D eigenvalue weighted by Gasteiger charge is -2.28. The smallest absolute Gasteiger partial charge is 0.271 e. The van der Waals surface area contributed by atoms with E-state index in [2.05, 4.69) is 34.4 Å². The Labute approximate surface area is 169 Å². The Hall–Kier alpha value is -2.54. The summed E-state index contributed by atoms with van der Waals surface area (Å²) in [6.45, 7) is 6.59. The summed E-state index contributed by atoms with van der Waals surface area (Å²) >= 11 is 1.96. The molecule has 3 heterocycles. The van der Waals surface area contributed by atoms with E-state index in [0.717, 1.165) is 41.6 Å². The number of thioether (sulfide) groups is 1. The van der Waals surface area contributed by atoms with Crippen LogP contribution in [0.4, 0.5) is 5.82 Å². The molecule has 1 atom stereocenters. The van der Waals surface area contributed by atoms with E-state index in [1.54, 1.807) is 4.52 Å². The lowest BCUT2D eigenvalue weighted by molar-refractivity contribution is 0.0946. The third-order valence-electron chi connectivity index (χ3n) is 5.04. The Morgan fingerprint density at radius 3 is 2.75 bits per heavy atom. The number of carbonyl (C=O) groups excluding carboxylic acids is 1. The second-order valence-corrected chi connectivity index (χ2v) is 8.41. The van der Waals surface area contributed by atoms with Crippen molar-refractivity contribution in [2.45, 2.75) is 19.8 Å². The van der Waals surface area contributed by atoms with Crippen molar-refractivity contribution in [2.24, 2.45) is 0 Å². The summed E-state index contributed by atoms with van der Waals surface area (Å²) in [4.78, 5) is 19.7. The van der Waals surface area contributed by atoms with Crippen molar-refractivity contribution in [3.63, 3.8) is 0 Å². The van der Waals surface area contributed by atoms with Gasteiger partial charge in [-0.25, -0.2) is 9.50 Å². The first-order valence-corrected chi connectivity index (χ1v) is 10.8. The summed E-state index contributed by atoms with van der Waals surface area (Å²) in [6.07, 6.45) is 1.88. The maximum atomic E-state index is 12.7. The van der Waals surface area contributed by atoms with Crippen LogP contribution in [0, 0.1) is 6.92 Å². The van der Waals surface area contributed by atoms with E-state index in [4.69, 9.17) is 4.98 Å². The minimum absolute atomic E-state index is 0.149. The number of anilines is 1. The average Bonchev–Trinajstić information content (AvgIpc) is 3.16. The highest BCUT2D eigenvalue weighted by molar-refractivity contribution is 7.99. The fraction of sp³-hybridized carbons (Fsp3) is 0.381. The fourth-order valence-corrected chi connectivity index (χ4v) is 4.35. The molecule has 2 aromatic heterocycles. The van der Waals surface area contributed by atoms with E-state index in [0.29, 0.717) is 12.2 Å². The Morgan fingerprint density at radius 1 is 1.25 bits per heavy atom. The lowest BCUT2D eigenvalue weighted by atomic mass is 10.0. The second kappa shape index (κ2) is 8.22. The summed E-state index contributed by atoms with van der Waals surface area (Å²) in [7, 11) is 0. The highest BCUT2D eigenvalue weighted by Crippen LogP contribution is 2.24. The van der Waals surface area contributed by atoms with Gasteiger partial charge in [0, 0.05) is 37.2 Å². The maximum Gasteiger partial charge on any atom is 0.271 e. The first kappa shape index (κ1) is 18.8. The molecule has 0 saturated carbocycles. The number of carbonyl (C=O) groups is 1. The van der Waals surface area contributed by atoms with Crippen molar-refractivity contribution >= 4 is 29.0 Å². The van der Waals surface area contributed by atoms with Gasteiger partial charge >= 0.3 is 0 Å². The van der Waals surface area contributed by atoms with E-state index in [-0.39, 0.29) is 11.8 Å². The molecule has 1 aromatic carbocycles. The Bertz CT molecular complexity index is 966. The minimum atomic E-state index is -0.149. The summed E-state index contributed by atoms with van der Waals surface area (Å²) < 4.78 is 1.79. The van der Waals surface area contributed by atoms with Gasteiger partial charge in [0.1, 0.15) is 5.52 Å². The van der Waals surface area contributed by atoms with Gasteiger partial charge in [0.25, 0.3) is 5.91 Å². The molecule has 4 rings (SSSR count). The number of hydrogen-bond donors (Lipinski definition) is 1. The van der Waals surface area contributed by atoms with Crippen LogP contribution in [0.25, 0.3) is 5.52 Å². The van der Waals surface area contributed by atoms with Crippen molar-refractivity contribution in [3.05, 3.63) is 59.5 Å². The topological polar surface area (TPSA) is 62.5 Å². The number of nitrogens with zero attached hydrogens (tertiary/aromatic N) is 4. The number of amides is 1. The van der Waals surface area contributed by atoms with Crippen molar-refractivity contribution in [1.82, 2.24) is 19.9 Å². The number of aromatic nitrogens is 3. The van der Waals surface area contributed by atoms with Crippen molar-refractivity contribution in [3.8, 4) is 0 Å². The van der Waals surface area contributed by atoms with Crippen LogP contribution in [0.15, 0.2) is 42.6 Å². The molecule has 1 aliphatic rings. The predicted molar refractivity (Wildman–Crippen MR) is 114 cm³/mol. The molecule has 3 aromatic rings. The molecule has 7 heteroatoms. The standard InChI is InChI=1S/C21H25N5OS/c1-15(17-6-4-3-5-7-17)13-22-21(27)18-12-19-20(25-8-10-28-11-9-25)23-16(2)14-26(19)24-18/h3-7,12,14-15H,8-11,13H2,1-2H3,(H,22,27). The van der Waals surface area contributed by atoms with E-state index in [1.165, 1.54) is 5.56 Å². The Balaban J connectivity index is 1.53. The summed E-state index contributed by atoms with van der Waals surface area (Å²) in [6, 6.07) is 12.1. The van der Waals surface area contributed by atoms with Gasteiger partial charge in [0.15, 0.2) is 11.5 Å². The number of fused-ring (bicyclic) bond motifs is 1. The largest absolute Gasteiger partial charge is 0.353 e. The molecule has 1 unspecified atom stereocenters. The molecular formula is C21H25N5OS. The molecule has 0 radical (unpaired) electrons. The van der Waals surface area contributed by atoms with Gasteiger partial charge in [0.2, 0.25) is 0 Å². The Kier molecular flexibility index (Phi) is 5.52.